The minimum absolute atomic E-state index is 0.0126. The molecule has 1 aromatic heterocycles. The first kappa shape index (κ1) is 20.0. The molecule has 1 atom stereocenters. The summed E-state index contributed by atoms with van der Waals surface area (Å²) in [5.74, 6) is -1.66. The maximum absolute atomic E-state index is 12.1. The number of hydrogen-bond donors (Lipinski definition) is 2. The van der Waals surface area contributed by atoms with Crippen molar-refractivity contribution in [2.24, 2.45) is 0 Å². The van der Waals surface area contributed by atoms with Gasteiger partial charge in [0, 0.05) is 12.6 Å². The van der Waals surface area contributed by atoms with Crippen LogP contribution in [0.15, 0.2) is 41.8 Å². The van der Waals surface area contributed by atoms with Crippen LogP contribution in [0.3, 0.4) is 0 Å². The van der Waals surface area contributed by atoms with Crippen molar-refractivity contribution in [3.8, 4) is 0 Å². The number of nitrogens with one attached hydrogen (secondary N) is 2. The third-order valence-corrected chi connectivity index (χ3v) is 4.26. The topological polar surface area (TPSA) is 128 Å². The van der Waals surface area contributed by atoms with Crippen LogP contribution in [0.5, 0.6) is 0 Å². The SMILES string of the molecule is CC(OC(=O)CCNC(=O)c1cccs1)C(=O)Nc1ccccc1[N+](=O)[O-]. The molecule has 0 spiro atoms. The molecule has 27 heavy (non-hydrogen) atoms. The molecule has 1 aromatic carbocycles. The van der Waals surface area contributed by atoms with Gasteiger partial charge in [-0.15, -0.1) is 11.3 Å². The second-order valence-electron chi connectivity index (χ2n) is 5.38. The van der Waals surface area contributed by atoms with E-state index in [0.29, 0.717) is 4.88 Å². The van der Waals surface area contributed by atoms with Crippen molar-refractivity contribution in [1.29, 1.82) is 0 Å². The van der Waals surface area contributed by atoms with E-state index in [9.17, 15) is 24.5 Å². The molecule has 0 bridgehead atoms. The molecule has 0 aliphatic carbocycles. The molecule has 0 saturated carbocycles. The van der Waals surface area contributed by atoms with E-state index in [4.69, 9.17) is 4.74 Å². The molecule has 0 aliphatic heterocycles. The predicted octanol–water partition coefficient (Wildman–Crippen LogP) is 2.35. The van der Waals surface area contributed by atoms with Gasteiger partial charge >= 0.3 is 5.97 Å². The number of nitrogens with zero attached hydrogens (tertiary/aromatic N) is 1. The fourth-order valence-electron chi connectivity index (χ4n) is 2.06. The van der Waals surface area contributed by atoms with Gasteiger partial charge in [0.2, 0.25) is 0 Å². The molecule has 10 heteroatoms. The Balaban J connectivity index is 1.79. The van der Waals surface area contributed by atoms with Crippen LogP contribution >= 0.6 is 11.3 Å². The molecule has 9 nitrogen and oxygen atoms in total. The van der Waals surface area contributed by atoms with Crippen molar-refractivity contribution >= 4 is 40.5 Å². The Labute approximate surface area is 158 Å². The Morgan fingerprint density at radius 3 is 2.63 bits per heavy atom. The van der Waals surface area contributed by atoms with E-state index in [2.05, 4.69) is 10.6 Å². The lowest BCUT2D eigenvalue weighted by molar-refractivity contribution is -0.383. The van der Waals surface area contributed by atoms with Gasteiger partial charge in [-0.2, -0.15) is 0 Å². The van der Waals surface area contributed by atoms with Crippen molar-refractivity contribution < 1.29 is 24.0 Å². The smallest absolute Gasteiger partial charge is 0.308 e. The highest BCUT2D eigenvalue weighted by molar-refractivity contribution is 7.12. The maximum atomic E-state index is 12.1. The van der Waals surface area contributed by atoms with E-state index in [1.54, 1.807) is 17.5 Å². The number of carbonyl (C=O) groups excluding carboxylic acids is 3. The first-order valence-corrected chi connectivity index (χ1v) is 8.82. The van der Waals surface area contributed by atoms with Crippen LogP contribution in [0.4, 0.5) is 11.4 Å². The predicted molar refractivity (Wildman–Crippen MR) is 98.5 cm³/mol. The standard InChI is InChI=1S/C17H17N3O6S/c1-11(16(22)19-12-5-2-3-6-13(12)20(24)25)26-15(21)8-9-18-17(23)14-7-4-10-27-14/h2-7,10-11H,8-9H2,1H3,(H,18,23)(H,19,22). The van der Waals surface area contributed by atoms with Crippen LogP contribution < -0.4 is 10.6 Å². The highest BCUT2D eigenvalue weighted by Crippen LogP contribution is 2.23. The Morgan fingerprint density at radius 2 is 1.96 bits per heavy atom. The van der Waals surface area contributed by atoms with E-state index in [1.807, 2.05) is 0 Å². The Kier molecular flexibility index (Phi) is 7.00. The van der Waals surface area contributed by atoms with E-state index < -0.39 is 22.9 Å². The summed E-state index contributed by atoms with van der Waals surface area (Å²) in [6.45, 7) is 1.42. The molecule has 2 aromatic rings. The van der Waals surface area contributed by atoms with Gasteiger partial charge in [0.05, 0.1) is 16.2 Å². The number of rotatable bonds is 8. The van der Waals surface area contributed by atoms with Crippen LogP contribution in [0, 0.1) is 10.1 Å². The summed E-state index contributed by atoms with van der Waals surface area (Å²) in [6.07, 6.45) is -1.26. The number of ether oxygens (including phenoxy) is 1. The van der Waals surface area contributed by atoms with Crippen molar-refractivity contribution in [3.63, 3.8) is 0 Å². The van der Waals surface area contributed by atoms with E-state index >= 15 is 0 Å². The number of esters is 1. The number of thiophene rings is 1. The molecule has 1 unspecified atom stereocenters. The molecule has 0 radical (unpaired) electrons. The normalized spacial score (nSPS) is 11.3. The second kappa shape index (κ2) is 9.43. The van der Waals surface area contributed by atoms with E-state index in [-0.39, 0.29) is 30.2 Å². The summed E-state index contributed by atoms with van der Waals surface area (Å²) < 4.78 is 4.99. The monoisotopic (exact) mass is 391 g/mol. The molecular formula is C17H17N3O6S. The van der Waals surface area contributed by atoms with E-state index in [0.717, 1.165) is 0 Å². The van der Waals surface area contributed by atoms with Crippen molar-refractivity contribution in [3.05, 3.63) is 56.8 Å². The Morgan fingerprint density at radius 1 is 1.22 bits per heavy atom. The summed E-state index contributed by atoms with van der Waals surface area (Å²) in [4.78, 5) is 46.5. The number of anilines is 1. The molecule has 0 aliphatic rings. The number of nitro benzene ring substituents is 1. The highest BCUT2D eigenvalue weighted by Gasteiger charge is 2.21. The maximum Gasteiger partial charge on any atom is 0.308 e. The second-order valence-corrected chi connectivity index (χ2v) is 6.33. The van der Waals surface area contributed by atoms with Crippen LogP contribution in [0.2, 0.25) is 0 Å². The third kappa shape index (κ3) is 5.89. The minimum atomic E-state index is -1.15. The Hall–Kier alpha value is -3.27. The number of benzene rings is 1. The van der Waals surface area contributed by atoms with Crippen LogP contribution in [-0.2, 0) is 14.3 Å². The highest BCUT2D eigenvalue weighted by atomic mass is 32.1. The van der Waals surface area contributed by atoms with Gasteiger partial charge in [-0.3, -0.25) is 24.5 Å². The molecule has 0 saturated heterocycles. The minimum Gasteiger partial charge on any atom is -0.452 e. The van der Waals surface area contributed by atoms with Gasteiger partial charge < -0.3 is 15.4 Å². The first-order chi connectivity index (χ1) is 12.9. The number of nitro groups is 1. The van der Waals surface area contributed by atoms with E-state index in [1.165, 1.54) is 42.5 Å². The van der Waals surface area contributed by atoms with Crippen LogP contribution in [-0.4, -0.2) is 35.4 Å². The van der Waals surface area contributed by atoms with Crippen molar-refractivity contribution in [2.45, 2.75) is 19.4 Å². The summed E-state index contributed by atoms with van der Waals surface area (Å²) >= 11 is 1.28. The average molecular weight is 391 g/mol. The fourth-order valence-corrected chi connectivity index (χ4v) is 2.70. The van der Waals surface area contributed by atoms with Crippen LogP contribution in [0.25, 0.3) is 0 Å². The third-order valence-electron chi connectivity index (χ3n) is 3.40. The number of para-hydroxylation sites is 2. The zero-order chi connectivity index (χ0) is 19.8. The lowest BCUT2D eigenvalue weighted by Gasteiger charge is -2.13. The molecule has 2 rings (SSSR count). The number of carbonyl (C=O) groups is 3. The lowest BCUT2D eigenvalue weighted by Crippen LogP contribution is -2.32. The van der Waals surface area contributed by atoms with Gasteiger partial charge in [-0.25, -0.2) is 0 Å². The molecule has 1 heterocycles. The summed E-state index contributed by atoms with van der Waals surface area (Å²) in [5, 5.41) is 17.6. The van der Waals surface area contributed by atoms with Gasteiger partial charge in [0.1, 0.15) is 5.69 Å². The Bertz CT molecular complexity index is 837. The van der Waals surface area contributed by atoms with Crippen LogP contribution in [0.1, 0.15) is 23.0 Å². The lowest BCUT2D eigenvalue weighted by atomic mass is 10.2. The molecule has 0 fully saturated rings. The summed E-state index contributed by atoms with van der Waals surface area (Å²) in [7, 11) is 0. The van der Waals surface area contributed by atoms with Gasteiger partial charge in [-0.1, -0.05) is 18.2 Å². The largest absolute Gasteiger partial charge is 0.452 e. The average Bonchev–Trinajstić information content (AvgIpc) is 3.16. The van der Waals surface area contributed by atoms with Crippen molar-refractivity contribution in [1.82, 2.24) is 5.32 Å². The molecule has 2 N–H and O–H groups in total. The van der Waals surface area contributed by atoms with Gasteiger partial charge in [-0.05, 0) is 24.4 Å². The van der Waals surface area contributed by atoms with Crippen molar-refractivity contribution in [2.75, 3.05) is 11.9 Å². The zero-order valence-corrected chi connectivity index (χ0v) is 15.2. The molecule has 2 amide bonds. The summed E-state index contributed by atoms with van der Waals surface area (Å²) in [6, 6.07) is 9.04. The molecule has 142 valence electrons. The molecular weight excluding hydrogens is 374 g/mol. The zero-order valence-electron chi connectivity index (χ0n) is 14.3. The number of amides is 2. The number of hydrogen-bond acceptors (Lipinski definition) is 7. The quantitative estimate of drug-likeness (QED) is 0.404. The summed E-state index contributed by atoms with van der Waals surface area (Å²) in [5.41, 5.74) is -0.251. The van der Waals surface area contributed by atoms with Gasteiger partial charge in [0.15, 0.2) is 6.10 Å². The van der Waals surface area contributed by atoms with Gasteiger partial charge in [0.25, 0.3) is 17.5 Å². The first-order valence-electron chi connectivity index (χ1n) is 7.94. The fraction of sp³-hybridized carbons (Fsp3) is 0.235.